The summed E-state index contributed by atoms with van der Waals surface area (Å²) in [5, 5.41) is 13.0. The van der Waals surface area contributed by atoms with Gasteiger partial charge < -0.3 is 14.8 Å². The number of hydrogen-bond donors (Lipinski definition) is 2. The first-order valence-corrected chi connectivity index (χ1v) is 6.68. The van der Waals surface area contributed by atoms with Crippen molar-refractivity contribution < 1.29 is 9.52 Å². The maximum atomic E-state index is 9.44. The van der Waals surface area contributed by atoms with E-state index in [1.807, 2.05) is 12.1 Å². The Bertz CT molecular complexity index is 302. The van der Waals surface area contributed by atoms with Gasteiger partial charge >= 0.3 is 0 Å². The van der Waals surface area contributed by atoms with Gasteiger partial charge in [0.15, 0.2) is 0 Å². The molecule has 96 valence electrons. The third-order valence-electron chi connectivity index (χ3n) is 3.66. The number of furan rings is 1. The van der Waals surface area contributed by atoms with Gasteiger partial charge in [0, 0.05) is 12.5 Å². The Hall–Kier alpha value is -0.800. The van der Waals surface area contributed by atoms with Crippen molar-refractivity contribution in [1.29, 1.82) is 0 Å². The zero-order valence-corrected chi connectivity index (χ0v) is 10.6. The Morgan fingerprint density at radius 3 is 2.82 bits per heavy atom. The molecular weight excluding hydrogens is 214 g/mol. The first kappa shape index (κ1) is 12.7. The molecule has 1 unspecified atom stereocenters. The van der Waals surface area contributed by atoms with E-state index in [1.165, 1.54) is 0 Å². The van der Waals surface area contributed by atoms with Gasteiger partial charge in [-0.3, -0.25) is 0 Å². The minimum Gasteiger partial charge on any atom is -0.469 e. The normalized spacial score (nSPS) is 26.9. The molecule has 0 spiro atoms. The fourth-order valence-electron chi connectivity index (χ4n) is 2.52. The summed E-state index contributed by atoms with van der Waals surface area (Å²) in [6.45, 7) is 3.26. The Labute approximate surface area is 103 Å². The highest BCUT2D eigenvalue weighted by Crippen LogP contribution is 2.23. The molecule has 17 heavy (non-hydrogen) atoms. The molecule has 1 aliphatic carbocycles. The molecule has 0 aliphatic heterocycles. The first-order chi connectivity index (χ1) is 8.24. The van der Waals surface area contributed by atoms with Crippen LogP contribution in [-0.2, 0) is 6.42 Å². The van der Waals surface area contributed by atoms with E-state index in [0.717, 1.165) is 50.3 Å². The van der Waals surface area contributed by atoms with Crippen LogP contribution >= 0.6 is 0 Å². The van der Waals surface area contributed by atoms with E-state index in [-0.39, 0.29) is 6.10 Å². The van der Waals surface area contributed by atoms with E-state index < -0.39 is 0 Å². The number of aliphatic hydroxyl groups excluding tert-OH is 1. The van der Waals surface area contributed by atoms with Crippen molar-refractivity contribution in [1.82, 2.24) is 5.32 Å². The molecule has 2 N–H and O–H groups in total. The molecule has 1 aliphatic rings. The number of rotatable bonds is 5. The maximum absolute atomic E-state index is 9.44. The van der Waals surface area contributed by atoms with Gasteiger partial charge in [0.2, 0.25) is 0 Å². The van der Waals surface area contributed by atoms with Crippen LogP contribution < -0.4 is 5.32 Å². The Kier molecular flexibility index (Phi) is 4.63. The molecule has 1 saturated carbocycles. The molecule has 0 bridgehead atoms. The van der Waals surface area contributed by atoms with Crippen LogP contribution in [0.4, 0.5) is 0 Å². The van der Waals surface area contributed by atoms with E-state index in [4.69, 9.17) is 4.42 Å². The van der Waals surface area contributed by atoms with Gasteiger partial charge in [0.05, 0.1) is 12.4 Å². The van der Waals surface area contributed by atoms with E-state index in [1.54, 1.807) is 6.26 Å². The van der Waals surface area contributed by atoms with Gasteiger partial charge in [-0.05, 0) is 57.2 Å². The molecule has 0 saturated heterocycles. The molecule has 3 nitrogen and oxygen atoms in total. The third kappa shape index (κ3) is 4.17. The molecule has 0 aromatic carbocycles. The van der Waals surface area contributed by atoms with Crippen molar-refractivity contribution in [2.45, 2.75) is 51.2 Å². The molecule has 0 radical (unpaired) electrons. The monoisotopic (exact) mass is 237 g/mol. The topological polar surface area (TPSA) is 45.4 Å². The minimum atomic E-state index is -0.0493. The van der Waals surface area contributed by atoms with Gasteiger partial charge in [-0.2, -0.15) is 0 Å². The van der Waals surface area contributed by atoms with Gasteiger partial charge in [-0.15, -0.1) is 0 Å². The lowest BCUT2D eigenvalue weighted by molar-refractivity contribution is 0.107. The van der Waals surface area contributed by atoms with Crippen molar-refractivity contribution >= 4 is 0 Å². The number of nitrogens with one attached hydrogen (secondary N) is 1. The zero-order chi connectivity index (χ0) is 12.1. The second-order valence-corrected chi connectivity index (χ2v) is 5.27. The Morgan fingerprint density at radius 2 is 2.18 bits per heavy atom. The van der Waals surface area contributed by atoms with Crippen molar-refractivity contribution in [3.63, 3.8) is 0 Å². The summed E-state index contributed by atoms with van der Waals surface area (Å²) in [5.41, 5.74) is 0. The van der Waals surface area contributed by atoms with Crippen LogP contribution in [0.25, 0.3) is 0 Å². The predicted octanol–water partition coefficient (Wildman–Crippen LogP) is 2.35. The Balaban J connectivity index is 1.64. The van der Waals surface area contributed by atoms with Crippen LogP contribution in [0, 0.1) is 5.92 Å². The zero-order valence-electron chi connectivity index (χ0n) is 10.6. The quantitative estimate of drug-likeness (QED) is 0.826. The van der Waals surface area contributed by atoms with Gasteiger partial charge in [0.1, 0.15) is 5.76 Å². The molecule has 1 atom stereocenters. The third-order valence-corrected chi connectivity index (χ3v) is 3.66. The van der Waals surface area contributed by atoms with Crippen molar-refractivity contribution in [3.8, 4) is 0 Å². The molecule has 1 aromatic heterocycles. The van der Waals surface area contributed by atoms with Crippen LogP contribution in [0.2, 0.25) is 0 Å². The summed E-state index contributed by atoms with van der Waals surface area (Å²) >= 11 is 0. The minimum absolute atomic E-state index is 0.0493. The summed E-state index contributed by atoms with van der Waals surface area (Å²) in [7, 11) is 0. The highest BCUT2D eigenvalue weighted by Gasteiger charge is 2.19. The highest BCUT2D eigenvalue weighted by atomic mass is 16.3. The van der Waals surface area contributed by atoms with Crippen LogP contribution in [0.5, 0.6) is 0 Å². The SMILES string of the molecule is CC(Cc1ccco1)NCC1CCC(O)CC1. The number of aliphatic hydroxyl groups is 1. The second kappa shape index (κ2) is 6.22. The molecule has 3 heteroatoms. The average Bonchev–Trinajstić information content (AvgIpc) is 2.81. The second-order valence-electron chi connectivity index (χ2n) is 5.27. The van der Waals surface area contributed by atoms with Crippen molar-refractivity contribution in [3.05, 3.63) is 24.2 Å². The predicted molar refractivity (Wildman–Crippen MR) is 67.8 cm³/mol. The van der Waals surface area contributed by atoms with Gasteiger partial charge in [-0.25, -0.2) is 0 Å². The lowest BCUT2D eigenvalue weighted by atomic mass is 9.87. The molecule has 1 heterocycles. The molecule has 0 amide bonds. The van der Waals surface area contributed by atoms with Crippen molar-refractivity contribution in [2.75, 3.05) is 6.54 Å². The summed E-state index contributed by atoms with van der Waals surface area (Å²) < 4.78 is 5.34. The van der Waals surface area contributed by atoms with Crippen molar-refractivity contribution in [2.24, 2.45) is 5.92 Å². The van der Waals surface area contributed by atoms with Crippen LogP contribution in [0.3, 0.4) is 0 Å². The molecular formula is C14H23NO2. The van der Waals surface area contributed by atoms with Gasteiger partial charge in [-0.1, -0.05) is 0 Å². The Morgan fingerprint density at radius 1 is 1.41 bits per heavy atom. The lowest BCUT2D eigenvalue weighted by Crippen LogP contribution is -2.34. The fraction of sp³-hybridized carbons (Fsp3) is 0.714. The molecule has 2 rings (SSSR count). The van der Waals surface area contributed by atoms with E-state index in [2.05, 4.69) is 12.2 Å². The lowest BCUT2D eigenvalue weighted by Gasteiger charge is -2.26. The number of hydrogen-bond acceptors (Lipinski definition) is 3. The average molecular weight is 237 g/mol. The maximum Gasteiger partial charge on any atom is 0.105 e. The molecule has 1 fully saturated rings. The fourth-order valence-corrected chi connectivity index (χ4v) is 2.52. The molecule has 1 aromatic rings. The first-order valence-electron chi connectivity index (χ1n) is 6.68. The summed E-state index contributed by atoms with van der Waals surface area (Å²) in [6, 6.07) is 4.41. The summed E-state index contributed by atoms with van der Waals surface area (Å²) in [4.78, 5) is 0. The van der Waals surface area contributed by atoms with Crippen LogP contribution in [0.15, 0.2) is 22.8 Å². The smallest absolute Gasteiger partial charge is 0.105 e. The van der Waals surface area contributed by atoms with Gasteiger partial charge in [0.25, 0.3) is 0 Å². The largest absolute Gasteiger partial charge is 0.469 e. The van der Waals surface area contributed by atoms with Crippen LogP contribution in [0.1, 0.15) is 38.4 Å². The van der Waals surface area contributed by atoms with Crippen LogP contribution in [-0.4, -0.2) is 23.8 Å². The van der Waals surface area contributed by atoms with E-state index >= 15 is 0 Å². The summed E-state index contributed by atoms with van der Waals surface area (Å²) in [6.07, 6.45) is 6.88. The highest BCUT2D eigenvalue weighted by molar-refractivity contribution is 4.99. The standard InChI is InChI=1S/C14H23NO2/c1-11(9-14-3-2-8-17-14)15-10-12-4-6-13(16)7-5-12/h2-3,8,11-13,15-16H,4-7,9-10H2,1H3. The summed E-state index contributed by atoms with van der Waals surface area (Å²) in [5.74, 6) is 1.78. The van der Waals surface area contributed by atoms with E-state index in [0.29, 0.717) is 6.04 Å². The van der Waals surface area contributed by atoms with E-state index in [9.17, 15) is 5.11 Å².